The Kier molecular flexibility index (Phi) is 10.4. The van der Waals surface area contributed by atoms with Crippen LogP contribution in [0.4, 0.5) is 0 Å². The topological polar surface area (TPSA) is 138 Å². The van der Waals surface area contributed by atoms with Crippen LogP contribution in [0.3, 0.4) is 0 Å². The predicted molar refractivity (Wildman–Crippen MR) is 148 cm³/mol. The maximum atomic E-state index is 12.1. The zero-order valence-corrected chi connectivity index (χ0v) is 24.2. The van der Waals surface area contributed by atoms with Gasteiger partial charge in [-0.25, -0.2) is 0 Å². The number of carbonyl (C=O) groups excluding carboxylic acids is 4. The summed E-state index contributed by atoms with van der Waals surface area (Å²) in [6.07, 6.45) is 5.15. The standard InChI is InChI=1S/C16H22O4.C15H20O4/c1-10(17)5-7-16(4,20)8-6-13-9-14(18)11(2)12(3)15(13)19;1-9-10(2)14(18)11(8-12(9)16)4-6-15(3)7-5-13(17)19-15/h9,20H,5-8H2,1-4H3;8,16,18H,4-7H2,1-3H3. The van der Waals surface area contributed by atoms with Crippen LogP contribution in [0.2, 0.25) is 0 Å². The Morgan fingerprint density at radius 2 is 1.67 bits per heavy atom. The number of rotatable bonds is 9. The van der Waals surface area contributed by atoms with E-state index < -0.39 is 11.2 Å². The highest BCUT2D eigenvalue weighted by Crippen LogP contribution is 2.36. The van der Waals surface area contributed by atoms with Gasteiger partial charge in [-0.05, 0) is 116 Å². The van der Waals surface area contributed by atoms with Gasteiger partial charge in [-0.2, -0.15) is 0 Å². The summed E-state index contributed by atoms with van der Waals surface area (Å²) in [7, 11) is 0. The van der Waals surface area contributed by atoms with E-state index in [0.29, 0.717) is 84.8 Å². The monoisotopic (exact) mass is 542 g/mol. The second-order valence-electron chi connectivity index (χ2n) is 11.4. The van der Waals surface area contributed by atoms with Crippen LogP contribution in [-0.2, 0) is 30.3 Å². The first-order valence-corrected chi connectivity index (χ1v) is 13.4. The van der Waals surface area contributed by atoms with Crippen molar-refractivity contribution in [1.29, 1.82) is 0 Å². The van der Waals surface area contributed by atoms with Crippen molar-refractivity contribution in [2.45, 2.75) is 111 Å². The van der Waals surface area contributed by atoms with Crippen LogP contribution in [0.15, 0.2) is 28.9 Å². The number of phenolic OH excluding ortho intramolecular Hbond substituents is 2. The number of carbonyl (C=O) groups is 4. The number of hydrogen-bond donors (Lipinski definition) is 3. The molecule has 0 bridgehead atoms. The van der Waals surface area contributed by atoms with Gasteiger partial charge in [-0.15, -0.1) is 0 Å². The van der Waals surface area contributed by atoms with Gasteiger partial charge < -0.3 is 24.9 Å². The summed E-state index contributed by atoms with van der Waals surface area (Å²) in [4.78, 5) is 45.9. The first kappa shape index (κ1) is 32.0. The molecule has 0 radical (unpaired) electrons. The Bertz CT molecular complexity index is 1220. The van der Waals surface area contributed by atoms with Crippen LogP contribution < -0.4 is 0 Å². The van der Waals surface area contributed by atoms with Crippen molar-refractivity contribution in [3.8, 4) is 11.5 Å². The van der Waals surface area contributed by atoms with Crippen LogP contribution >= 0.6 is 0 Å². The lowest BCUT2D eigenvalue weighted by molar-refractivity contribution is -0.147. The summed E-state index contributed by atoms with van der Waals surface area (Å²) in [6.45, 7) is 11.9. The predicted octanol–water partition coefficient (Wildman–Crippen LogP) is 5.04. The molecule has 1 aliphatic heterocycles. The Hall–Kier alpha value is -3.26. The molecule has 0 amide bonds. The molecule has 1 heterocycles. The highest BCUT2D eigenvalue weighted by atomic mass is 16.6. The first-order chi connectivity index (χ1) is 18.0. The van der Waals surface area contributed by atoms with Gasteiger partial charge in [0, 0.05) is 29.6 Å². The fraction of sp³-hybridized carbons (Fsp3) is 0.548. The summed E-state index contributed by atoms with van der Waals surface area (Å²) in [6, 6.07) is 1.60. The van der Waals surface area contributed by atoms with Crippen molar-refractivity contribution >= 4 is 23.3 Å². The number of cyclic esters (lactones) is 1. The molecule has 0 aromatic heterocycles. The van der Waals surface area contributed by atoms with Gasteiger partial charge in [0.2, 0.25) is 0 Å². The zero-order valence-electron chi connectivity index (χ0n) is 24.2. The fourth-order valence-electron chi connectivity index (χ4n) is 4.55. The number of ether oxygens (including phenoxy) is 1. The summed E-state index contributed by atoms with van der Waals surface area (Å²) in [5.41, 5.74) is 2.06. The molecule has 2 atom stereocenters. The lowest BCUT2D eigenvalue weighted by Crippen LogP contribution is -2.26. The molecule has 0 saturated carbocycles. The summed E-state index contributed by atoms with van der Waals surface area (Å²) < 4.78 is 5.31. The Morgan fingerprint density at radius 1 is 1.03 bits per heavy atom. The quantitative estimate of drug-likeness (QED) is 0.224. The third kappa shape index (κ3) is 8.62. The largest absolute Gasteiger partial charge is 0.508 e. The lowest BCUT2D eigenvalue weighted by atomic mass is 9.85. The number of Topliss-reactive ketones (excluding diaryl/α,β-unsaturated/α-hetero) is 2. The highest BCUT2D eigenvalue weighted by molar-refractivity contribution is 6.22. The maximum absolute atomic E-state index is 12.1. The van der Waals surface area contributed by atoms with E-state index in [1.54, 1.807) is 40.7 Å². The van der Waals surface area contributed by atoms with E-state index in [0.717, 1.165) is 0 Å². The number of aryl methyl sites for hydroxylation is 1. The number of esters is 1. The van der Waals surface area contributed by atoms with Crippen LogP contribution in [0.25, 0.3) is 0 Å². The third-order valence-electron chi connectivity index (χ3n) is 7.88. The number of hydrogen-bond acceptors (Lipinski definition) is 8. The van der Waals surface area contributed by atoms with Crippen molar-refractivity contribution in [3.05, 3.63) is 45.6 Å². The van der Waals surface area contributed by atoms with Crippen LogP contribution in [0.5, 0.6) is 11.5 Å². The summed E-state index contributed by atoms with van der Waals surface area (Å²) >= 11 is 0. The normalized spacial score (nSPS) is 20.7. The number of ketones is 3. The molecule has 39 heavy (non-hydrogen) atoms. The lowest BCUT2D eigenvalue weighted by Gasteiger charge is -2.24. The van der Waals surface area contributed by atoms with E-state index >= 15 is 0 Å². The molecule has 0 spiro atoms. The number of aliphatic hydroxyl groups is 1. The van der Waals surface area contributed by atoms with E-state index in [-0.39, 0.29) is 34.8 Å². The van der Waals surface area contributed by atoms with Gasteiger partial charge in [-0.1, -0.05) is 0 Å². The molecule has 8 heteroatoms. The Labute approximate surface area is 230 Å². The van der Waals surface area contributed by atoms with Gasteiger partial charge in [0.05, 0.1) is 5.60 Å². The molecule has 214 valence electrons. The van der Waals surface area contributed by atoms with Crippen LogP contribution in [0, 0.1) is 13.8 Å². The molecule has 2 unspecified atom stereocenters. The second kappa shape index (κ2) is 12.7. The Balaban J connectivity index is 0.000000274. The summed E-state index contributed by atoms with van der Waals surface area (Å²) in [5.74, 6) is 0.0320. The van der Waals surface area contributed by atoms with Crippen LogP contribution in [-0.4, -0.2) is 49.8 Å². The summed E-state index contributed by atoms with van der Waals surface area (Å²) in [5, 5.41) is 30.1. The van der Waals surface area contributed by atoms with Crippen molar-refractivity contribution < 1.29 is 39.2 Å². The fourth-order valence-corrected chi connectivity index (χ4v) is 4.55. The van der Waals surface area contributed by atoms with Crippen molar-refractivity contribution in [1.82, 2.24) is 0 Å². The minimum atomic E-state index is -1.00. The van der Waals surface area contributed by atoms with Gasteiger partial charge in [0.1, 0.15) is 22.9 Å². The minimum absolute atomic E-state index is 0.0304. The molecule has 2 aliphatic rings. The van der Waals surface area contributed by atoms with Gasteiger partial charge >= 0.3 is 5.97 Å². The van der Waals surface area contributed by atoms with Crippen LogP contribution in [0.1, 0.15) is 96.3 Å². The molecule has 3 rings (SSSR count). The highest BCUT2D eigenvalue weighted by Gasteiger charge is 2.35. The maximum Gasteiger partial charge on any atom is 0.306 e. The molecular weight excluding hydrogens is 500 g/mol. The third-order valence-corrected chi connectivity index (χ3v) is 7.88. The van der Waals surface area contributed by atoms with Gasteiger partial charge in [-0.3, -0.25) is 14.4 Å². The molecule has 1 aromatic carbocycles. The SMILES string of the molecule is CC(=O)CCC(C)(O)CCC1=CC(=O)C(C)=C(C)C1=O.Cc1c(O)cc(CCC2(C)CCC(=O)O2)c(O)c1C. The van der Waals surface area contributed by atoms with Crippen molar-refractivity contribution in [2.24, 2.45) is 0 Å². The van der Waals surface area contributed by atoms with Crippen molar-refractivity contribution in [2.75, 3.05) is 0 Å². The zero-order chi connectivity index (χ0) is 29.7. The molecule has 1 saturated heterocycles. The average molecular weight is 543 g/mol. The molecular formula is C31H42O8. The van der Waals surface area contributed by atoms with E-state index in [1.807, 2.05) is 6.92 Å². The molecule has 1 fully saturated rings. The average Bonchev–Trinajstić information content (AvgIpc) is 3.22. The number of benzene rings is 1. The van der Waals surface area contributed by atoms with E-state index in [2.05, 4.69) is 0 Å². The van der Waals surface area contributed by atoms with E-state index in [1.165, 1.54) is 13.0 Å². The van der Waals surface area contributed by atoms with E-state index in [9.17, 15) is 34.5 Å². The molecule has 3 N–H and O–H groups in total. The first-order valence-electron chi connectivity index (χ1n) is 13.4. The minimum Gasteiger partial charge on any atom is -0.508 e. The van der Waals surface area contributed by atoms with Gasteiger partial charge in [0.15, 0.2) is 11.6 Å². The second-order valence-corrected chi connectivity index (χ2v) is 11.4. The molecule has 1 aliphatic carbocycles. The van der Waals surface area contributed by atoms with Crippen molar-refractivity contribution in [3.63, 3.8) is 0 Å². The van der Waals surface area contributed by atoms with Gasteiger partial charge in [0.25, 0.3) is 0 Å². The molecule has 8 nitrogen and oxygen atoms in total. The number of phenols is 2. The molecule has 1 aromatic rings. The number of aromatic hydroxyl groups is 2. The number of allylic oxidation sites excluding steroid dienone is 4. The van der Waals surface area contributed by atoms with E-state index in [4.69, 9.17) is 4.74 Å². The Morgan fingerprint density at radius 3 is 2.23 bits per heavy atom. The smallest absolute Gasteiger partial charge is 0.306 e.